The first kappa shape index (κ1) is 15.2. The van der Waals surface area contributed by atoms with Crippen molar-refractivity contribution in [2.24, 2.45) is 0 Å². The number of anilines is 1. The maximum absolute atomic E-state index is 12.1. The van der Waals surface area contributed by atoms with Crippen LogP contribution in [0.3, 0.4) is 0 Å². The Kier molecular flexibility index (Phi) is 5.10. The number of carbonyl (C=O) groups excluding carboxylic acids is 2. The molecule has 19 heavy (non-hydrogen) atoms. The predicted octanol–water partition coefficient (Wildman–Crippen LogP) is 2.95. The molecule has 0 bridgehead atoms. The van der Waals surface area contributed by atoms with Gasteiger partial charge in [-0.2, -0.15) is 0 Å². The fourth-order valence-corrected chi connectivity index (χ4v) is 1.46. The molecule has 0 aromatic heterocycles. The van der Waals surface area contributed by atoms with E-state index in [9.17, 15) is 9.59 Å². The van der Waals surface area contributed by atoms with E-state index in [0.717, 1.165) is 6.42 Å². The molecule has 0 radical (unpaired) electrons. The highest BCUT2D eigenvalue weighted by Gasteiger charge is 2.18. The zero-order valence-electron chi connectivity index (χ0n) is 12.0. The van der Waals surface area contributed by atoms with E-state index < -0.39 is 0 Å². The molecule has 0 aliphatic carbocycles. The molecule has 0 fully saturated rings. The fourth-order valence-electron chi connectivity index (χ4n) is 1.46. The van der Waals surface area contributed by atoms with Crippen LogP contribution in [0, 0.1) is 0 Å². The molecule has 0 aliphatic heterocycles. The van der Waals surface area contributed by atoms with Gasteiger partial charge in [-0.1, -0.05) is 19.9 Å². The van der Waals surface area contributed by atoms with Crippen LogP contribution >= 0.6 is 0 Å². The van der Waals surface area contributed by atoms with Gasteiger partial charge in [-0.05, 0) is 38.5 Å². The summed E-state index contributed by atoms with van der Waals surface area (Å²) < 4.78 is 0. The topological polar surface area (TPSA) is 58.2 Å². The van der Waals surface area contributed by atoms with Crippen LogP contribution < -0.4 is 10.6 Å². The zero-order chi connectivity index (χ0) is 14.5. The minimum Gasteiger partial charge on any atom is -0.347 e. The fraction of sp³-hybridized carbons (Fsp3) is 0.467. The second-order valence-corrected chi connectivity index (χ2v) is 5.17. The van der Waals surface area contributed by atoms with Crippen LogP contribution in [0.1, 0.15) is 50.9 Å². The number of nitrogens with one attached hydrogen (secondary N) is 2. The highest BCUT2D eigenvalue weighted by molar-refractivity contribution is 5.97. The third-order valence-corrected chi connectivity index (χ3v) is 3.07. The molecule has 2 N–H and O–H groups in total. The number of hydrogen-bond acceptors (Lipinski definition) is 2. The molecule has 0 unspecified atom stereocenters. The van der Waals surface area contributed by atoms with Gasteiger partial charge in [0.25, 0.3) is 5.91 Å². The molecule has 104 valence electrons. The summed E-state index contributed by atoms with van der Waals surface area (Å²) in [7, 11) is 0. The van der Waals surface area contributed by atoms with E-state index in [0.29, 0.717) is 17.7 Å². The molecule has 0 saturated heterocycles. The quantitative estimate of drug-likeness (QED) is 0.857. The molecular formula is C15H22N2O2. The smallest absolute Gasteiger partial charge is 0.251 e. The SMILES string of the molecule is CCC(=O)Nc1cccc(C(=O)NC(C)(C)CC)c1. The number of benzene rings is 1. The normalized spacial score (nSPS) is 10.9. The second kappa shape index (κ2) is 6.36. The lowest BCUT2D eigenvalue weighted by atomic mass is 10.0. The van der Waals surface area contributed by atoms with Crippen LogP contribution in [0.5, 0.6) is 0 Å². The van der Waals surface area contributed by atoms with Gasteiger partial charge in [0.1, 0.15) is 0 Å². The average Bonchev–Trinajstić information content (AvgIpc) is 2.38. The predicted molar refractivity (Wildman–Crippen MR) is 77.2 cm³/mol. The lowest BCUT2D eigenvalue weighted by Gasteiger charge is -2.24. The van der Waals surface area contributed by atoms with Crippen LogP contribution in [0.2, 0.25) is 0 Å². The molecule has 0 saturated carbocycles. The molecule has 4 nitrogen and oxygen atoms in total. The molecule has 1 rings (SSSR count). The van der Waals surface area contributed by atoms with Gasteiger partial charge in [-0.15, -0.1) is 0 Å². The minimum atomic E-state index is -0.236. The van der Waals surface area contributed by atoms with Crippen LogP contribution in [0.25, 0.3) is 0 Å². The Hall–Kier alpha value is -1.84. The molecule has 1 aromatic rings. The van der Waals surface area contributed by atoms with Gasteiger partial charge in [-0.3, -0.25) is 9.59 Å². The number of carbonyl (C=O) groups is 2. The van der Waals surface area contributed by atoms with Crippen molar-refractivity contribution in [1.29, 1.82) is 0 Å². The van der Waals surface area contributed by atoms with E-state index in [-0.39, 0.29) is 17.4 Å². The van der Waals surface area contributed by atoms with Gasteiger partial charge >= 0.3 is 0 Å². The molecule has 4 heteroatoms. The molecular weight excluding hydrogens is 240 g/mol. The second-order valence-electron chi connectivity index (χ2n) is 5.17. The van der Waals surface area contributed by atoms with Crippen molar-refractivity contribution in [2.75, 3.05) is 5.32 Å². The summed E-state index contributed by atoms with van der Waals surface area (Å²) in [6.45, 7) is 7.77. The first-order valence-corrected chi connectivity index (χ1v) is 6.60. The summed E-state index contributed by atoms with van der Waals surface area (Å²) in [5.74, 6) is -0.189. The van der Waals surface area contributed by atoms with Crippen LogP contribution in [0.4, 0.5) is 5.69 Å². The van der Waals surface area contributed by atoms with Gasteiger partial charge in [0, 0.05) is 23.2 Å². The van der Waals surface area contributed by atoms with Gasteiger partial charge < -0.3 is 10.6 Å². The lowest BCUT2D eigenvalue weighted by Crippen LogP contribution is -2.42. The standard InChI is InChI=1S/C15H22N2O2/c1-5-13(18)16-12-9-7-8-11(10-12)14(19)17-15(3,4)6-2/h7-10H,5-6H2,1-4H3,(H,16,18)(H,17,19). The van der Waals surface area contributed by atoms with Crippen molar-refractivity contribution in [3.8, 4) is 0 Å². The summed E-state index contributed by atoms with van der Waals surface area (Å²) in [4.78, 5) is 23.4. The van der Waals surface area contributed by atoms with Crippen molar-refractivity contribution >= 4 is 17.5 Å². The lowest BCUT2D eigenvalue weighted by molar-refractivity contribution is -0.115. The summed E-state index contributed by atoms with van der Waals surface area (Å²) in [6.07, 6.45) is 1.27. The van der Waals surface area contributed by atoms with Crippen LogP contribution in [0.15, 0.2) is 24.3 Å². The van der Waals surface area contributed by atoms with E-state index in [1.807, 2.05) is 20.8 Å². The monoisotopic (exact) mass is 262 g/mol. The average molecular weight is 262 g/mol. The first-order chi connectivity index (χ1) is 8.88. The molecule has 0 spiro atoms. The summed E-state index contributed by atoms with van der Waals surface area (Å²) in [6, 6.07) is 6.96. The van der Waals surface area contributed by atoms with Crippen molar-refractivity contribution in [1.82, 2.24) is 5.32 Å². The van der Waals surface area contributed by atoms with Gasteiger partial charge in [0.2, 0.25) is 5.91 Å². The van der Waals surface area contributed by atoms with Crippen LogP contribution in [-0.2, 0) is 4.79 Å². The largest absolute Gasteiger partial charge is 0.347 e. The zero-order valence-corrected chi connectivity index (χ0v) is 12.0. The van der Waals surface area contributed by atoms with E-state index in [4.69, 9.17) is 0 Å². The van der Waals surface area contributed by atoms with E-state index in [1.54, 1.807) is 31.2 Å². The Morgan fingerprint density at radius 2 is 1.89 bits per heavy atom. The Bertz CT molecular complexity index is 467. The maximum Gasteiger partial charge on any atom is 0.251 e. The Morgan fingerprint density at radius 1 is 1.21 bits per heavy atom. The van der Waals surface area contributed by atoms with Crippen molar-refractivity contribution < 1.29 is 9.59 Å². The Morgan fingerprint density at radius 3 is 2.47 bits per heavy atom. The molecule has 1 aromatic carbocycles. The number of amides is 2. The summed E-state index contributed by atoms with van der Waals surface area (Å²) in [5.41, 5.74) is 0.962. The van der Waals surface area contributed by atoms with E-state index >= 15 is 0 Å². The molecule has 0 atom stereocenters. The number of rotatable bonds is 5. The van der Waals surface area contributed by atoms with Crippen molar-refractivity contribution in [2.45, 2.75) is 46.1 Å². The maximum atomic E-state index is 12.1. The van der Waals surface area contributed by atoms with Crippen LogP contribution in [-0.4, -0.2) is 17.4 Å². The Balaban J connectivity index is 2.81. The van der Waals surface area contributed by atoms with Crippen molar-refractivity contribution in [3.05, 3.63) is 29.8 Å². The van der Waals surface area contributed by atoms with Gasteiger partial charge in [0.15, 0.2) is 0 Å². The highest BCUT2D eigenvalue weighted by Crippen LogP contribution is 2.13. The van der Waals surface area contributed by atoms with Gasteiger partial charge in [0.05, 0.1) is 0 Å². The van der Waals surface area contributed by atoms with E-state index in [2.05, 4.69) is 10.6 Å². The minimum absolute atomic E-state index is 0.0635. The molecule has 0 aliphatic rings. The number of hydrogen-bond donors (Lipinski definition) is 2. The summed E-state index contributed by atoms with van der Waals surface area (Å²) in [5, 5.41) is 5.71. The third-order valence-electron chi connectivity index (χ3n) is 3.07. The van der Waals surface area contributed by atoms with Crippen molar-refractivity contribution in [3.63, 3.8) is 0 Å². The third kappa shape index (κ3) is 4.73. The first-order valence-electron chi connectivity index (χ1n) is 6.60. The molecule has 2 amide bonds. The van der Waals surface area contributed by atoms with E-state index in [1.165, 1.54) is 0 Å². The molecule has 0 heterocycles. The summed E-state index contributed by atoms with van der Waals surface area (Å²) >= 11 is 0. The Labute approximate surface area is 114 Å². The van der Waals surface area contributed by atoms with Gasteiger partial charge in [-0.25, -0.2) is 0 Å². The highest BCUT2D eigenvalue weighted by atomic mass is 16.2.